The molecular weight excluding hydrogens is 208 g/mol. The standard InChI is InChI=1S/C15H30N2/c1-2-14-7-5-8-15(13-14)16-9-6-12-17-10-3-4-11-17/h14-16H,2-13H2,1H3. The highest BCUT2D eigenvalue weighted by atomic mass is 15.1. The van der Waals surface area contributed by atoms with E-state index in [1.54, 1.807) is 0 Å². The van der Waals surface area contributed by atoms with E-state index in [1.807, 2.05) is 0 Å². The summed E-state index contributed by atoms with van der Waals surface area (Å²) < 4.78 is 0. The maximum atomic E-state index is 3.78. The summed E-state index contributed by atoms with van der Waals surface area (Å²) in [6, 6.07) is 0.826. The second kappa shape index (κ2) is 7.38. The van der Waals surface area contributed by atoms with Gasteiger partial charge in [-0.15, -0.1) is 0 Å². The Balaban J connectivity index is 1.52. The molecule has 1 heterocycles. The van der Waals surface area contributed by atoms with Crippen LogP contribution in [0.4, 0.5) is 0 Å². The van der Waals surface area contributed by atoms with Crippen molar-refractivity contribution >= 4 is 0 Å². The molecule has 100 valence electrons. The van der Waals surface area contributed by atoms with Crippen LogP contribution in [0, 0.1) is 5.92 Å². The van der Waals surface area contributed by atoms with E-state index < -0.39 is 0 Å². The lowest BCUT2D eigenvalue weighted by Gasteiger charge is -2.29. The summed E-state index contributed by atoms with van der Waals surface area (Å²) in [5, 5.41) is 3.78. The molecule has 0 bridgehead atoms. The third-order valence-corrected chi connectivity index (χ3v) is 4.64. The van der Waals surface area contributed by atoms with Gasteiger partial charge in [0.05, 0.1) is 0 Å². The SMILES string of the molecule is CCC1CCCC(NCCCN2CCCC2)C1. The zero-order chi connectivity index (χ0) is 11.9. The third kappa shape index (κ3) is 4.59. The summed E-state index contributed by atoms with van der Waals surface area (Å²) in [4.78, 5) is 2.62. The molecule has 1 aliphatic heterocycles. The fourth-order valence-electron chi connectivity index (χ4n) is 3.46. The van der Waals surface area contributed by atoms with E-state index in [0.29, 0.717) is 0 Å². The summed E-state index contributed by atoms with van der Waals surface area (Å²) >= 11 is 0. The first-order valence-electron chi connectivity index (χ1n) is 7.84. The van der Waals surface area contributed by atoms with Crippen LogP contribution in [0.2, 0.25) is 0 Å². The lowest BCUT2D eigenvalue weighted by atomic mass is 9.84. The number of nitrogens with one attached hydrogen (secondary N) is 1. The molecule has 0 radical (unpaired) electrons. The Morgan fingerprint density at radius 2 is 1.94 bits per heavy atom. The second-order valence-electron chi connectivity index (χ2n) is 5.99. The molecule has 0 amide bonds. The number of hydrogen-bond acceptors (Lipinski definition) is 2. The molecular formula is C15H30N2. The van der Waals surface area contributed by atoms with Gasteiger partial charge in [0.2, 0.25) is 0 Å². The maximum Gasteiger partial charge on any atom is 0.00697 e. The second-order valence-corrected chi connectivity index (χ2v) is 5.99. The average molecular weight is 238 g/mol. The minimum atomic E-state index is 0.826. The maximum absolute atomic E-state index is 3.78. The van der Waals surface area contributed by atoms with E-state index in [-0.39, 0.29) is 0 Å². The van der Waals surface area contributed by atoms with Crippen LogP contribution in [-0.2, 0) is 0 Å². The Hall–Kier alpha value is -0.0800. The van der Waals surface area contributed by atoms with Crippen LogP contribution in [-0.4, -0.2) is 37.1 Å². The van der Waals surface area contributed by atoms with Gasteiger partial charge in [0.1, 0.15) is 0 Å². The Labute approximate surface area is 107 Å². The van der Waals surface area contributed by atoms with Crippen LogP contribution in [0.1, 0.15) is 58.3 Å². The fraction of sp³-hybridized carbons (Fsp3) is 1.00. The molecule has 0 aromatic heterocycles. The van der Waals surface area contributed by atoms with Crippen molar-refractivity contribution in [3.05, 3.63) is 0 Å². The zero-order valence-corrected chi connectivity index (χ0v) is 11.6. The molecule has 2 nitrogen and oxygen atoms in total. The Morgan fingerprint density at radius 3 is 2.71 bits per heavy atom. The number of nitrogens with zero attached hydrogens (tertiary/aromatic N) is 1. The van der Waals surface area contributed by atoms with Crippen LogP contribution in [0.15, 0.2) is 0 Å². The van der Waals surface area contributed by atoms with Gasteiger partial charge in [-0.05, 0) is 64.2 Å². The third-order valence-electron chi connectivity index (χ3n) is 4.64. The van der Waals surface area contributed by atoms with Crippen molar-refractivity contribution in [2.75, 3.05) is 26.2 Å². The lowest BCUT2D eigenvalue weighted by molar-refractivity contribution is 0.271. The molecule has 2 unspecified atom stereocenters. The van der Waals surface area contributed by atoms with Gasteiger partial charge < -0.3 is 10.2 Å². The van der Waals surface area contributed by atoms with E-state index in [2.05, 4.69) is 17.1 Å². The molecule has 2 rings (SSSR count). The van der Waals surface area contributed by atoms with Gasteiger partial charge in [0.15, 0.2) is 0 Å². The van der Waals surface area contributed by atoms with Crippen molar-refractivity contribution < 1.29 is 0 Å². The number of hydrogen-bond donors (Lipinski definition) is 1. The minimum absolute atomic E-state index is 0.826. The molecule has 1 aliphatic carbocycles. The largest absolute Gasteiger partial charge is 0.314 e. The molecule has 0 spiro atoms. The van der Waals surface area contributed by atoms with Gasteiger partial charge in [-0.25, -0.2) is 0 Å². The van der Waals surface area contributed by atoms with Crippen LogP contribution >= 0.6 is 0 Å². The Kier molecular flexibility index (Phi) is 5.79. The predicted molar refractivity (Wildman–Crippen MR) is 74.3 cm³/mol. The van der Waals surface area contributed by atoms with E-state index in [4.69, 9.17) is 0 Å². The number of likely N-dealkylation sites (tertiary alicyclic amines) is 1. The highest BCUT2D eigenvalue weighted by Gasteiger charge is 2.20. The summed E-state index contributed by atoms with van der Waals surface area (Å²) in [6.07, 6.45) is 11.3. The Bertz CT molecular complexity index is 199. The van der Waals surface area contributed by atoms with Crippen molar-refractivity contribution in [3.8, 4) is 0 Å². The zero-order valence-electron chi connectivity index (χ0n) is 11.6. The molecule has 1 saturated carbocycles. The van der Waals surface area contributed by atoms with Crippen molar-refractivity contribution in [3.63, 3.8) is 0 Å². The lowest BCUT2D eigenvalue weighted by Crippen LogP contribution is -2.35. The van der Waals surface area contributed by atoms with Gasteiger partial charge in [-0.3, -0.25) is 0 Å². The molecule has 0 aromatic carbocycles. The fourth-order valence-corrected chi connectivity index (χ4v) is 3.46. The molecule has 0 aromatic rings. The van der Waals surface area contributed by atoms with Crippen LogP contribution in [0.5, 0.6) is 0 Å². The van der Waals surface area contributed by atoms with Crippen molar-refractivity contribution in [1.82, 2.24) is 10.2 Å². The normalized spacial score (nSPS) is 30.9. The van der Waals surface area contributed by atoms with E-state index in [9.17, 15) is 0 Å². The highest BCUT2D eigenvalue weighted by Crippen LogP contribution is 2.26. The molecule has 2 fully saturated rings. The molecule has 1 N–H and O–H groups in total. The topological polar surface area (TPSA) is 15.3 Å². The molecule has 1 saturated heterocycles. The van der Waals surface area contributed by atoms with Crippen LogP contribution in [0.3, 0.4) is 0 Å². The van der Waals surface area contributed by atoms with Crippen molar-refractivity contribution in [2.24, 2.45) is 5.92 Å². The first-order chi connectivity index (χ1) is 8.38. The van der Waals surface area contributed by atoms with Gasteiger partial charge in [-0.1, -0.05) is 26.2 Å². The monoisotopic (exact) mass is 238 g/mol. The van der Waals surface area contributed by atoms with Gasteiger partial charge in [0, 0.05) is 6.04 Å². The first-order valence-corrected chi connectivity index (χ1v) is 7.84. The van der Waals surface area contributed by atoms with Gasteiger partial charge in [-0.2, -0.15) is 0 Å². The summed E-state index contributed by atoms with van der Waals surface area (Å²) in [5.74, 6) is 1.000. The summed E-state index contributed by atoms with van der Waals surface area (Å²) in [5.41, 5.74) is 0. The first kappa shape index (κ1) is 13.4. The van der Waals surface area contributed by atoms with Crippen molar-refractivity contribution in [2.45, 2.75) is 64.3 Å². The highest BCUT2D eigenvalue weighted by molar-refractivity contribution is 4.77. The van der Waals surface area contributed by atoms with Gasteiger partial charge >= 0.3 is 0 Å². The Morgan fingerprint density at radius 1 is 1.12 bits per heavy atom. The molecule has 17 heavy (non-hydrogen) atoms. The molecule has 2 atom stereocenters. The van der Waals surface area contributed by atoms with Crippen LogP contribution < -0.4 is 5.32 Å². The number of rotatable bonds is 6. The van der Waals surface area contributed by atoms with E-state index >= 15 is 0 Å². The van der Waals surface area contributed by atoms with E-state index in [0.717, 1.165) is 12.0 Å². The summed E-state index contributed by atoms with van der Waals surface area (Å²) in [6.45, 7) is 7.59. The predicted octanol–water partition coefficient (Wildman–Crippen LogP) is 3.03. The minimum Gasteiger partial charge on any atom is -0.314 e. The quantitative estimate of drug-likeness (QED) is 0.716. The molecule has 2 heteroatoms. The van der Waals surface area contributed by atoms with Crippen molar-refractivity contribution in [1.29, 1.82) is 0 Å². The smallest absolute Gasteiger partial charge is 0.00697 e. The summed E-state index contributed by atoms with van der Waals surface area (Å²) in [7, 11) is 0. The van der Waals surface area contributed by atoms with E-state index in [1.165, 1.54) is 77.5 Å². The molecule has 2 aliphatic rings. The average Bonchev–Trinajstić information content (AvgIpc) is 2.88. The van der Waals surface area contributed by atoms with Crippen LogP contribution in [0.25, 0.3) is 0 Å². The van der Waals surface area contributed by atoms with Gasteiger partial charge in [0.25, 0.3) is 0 Å².